The summed E-state index contributed by atoms with van der Waals surface area (Å²) in [5.41, 5.74) is 0. The fraction of sp³-hybridized carbons (Fsp3) is 1.00. The van der Waals surface area contributed by atoms with E-state index in [1.165, 1.54) is 25.7 Å². The van der Waals surface area contributed by atoms with Gasteiger partial charge in [-0.3, -0.25) is 0 Å². The van der Waals surface area contributed by atoms with Crippen molar-refractivity contribution in [2.45, 2.75) is 77.8 Å². The molecular weight excluding hydrogens is 163 g/mol. The minimum atomic E-state index is -0.526. The molecule has 0 bridgehead atoms. The molecular formula is C12H25F. The normalized spacial score (nSPS) is 13.2. The molecule has 0 fully saturated rings. The van der Waals surface area contributed by atoms with E-state index >= 15 is 0 Å². The van der Waals surface area contributed by atoms with Crippen LogP contribution in [0, 0.1) is 0 Å². The summed E-state index contributed by atoms with van der Waals surface area (Å²) in [4.78, 5) is 0. The van der Waals surface area contributed by atoms with Gasteiger partial charge in [-0.05, 0) is 12.8 Å². The Hall–Kier alpha value is -0.0700. The highest BCUT2D eigenvalue weighted by Crippen LogP contribution is 2.13. The fourth-order valence-corrected chi connectivity index (χ4v) is 1.54. The first kappa shape index (κ1) is 12.9. The van der Waals surface area contributed by atoms with E-state index in [-0.39, 0.29) is 0 Å². The van der Waals surface area contributed by atoms with Gasteiger partial charge in [0.1, 0.15) is 6.17 Å². The standard InChI is InChI=1S/C12H25F/c1-3-5-7-8-9-11-12(13)10-6-4-2/h12H,3-11H2,1-2H3. The van der Waals surface area contributed by atoms with Crippen molar-refractivity contribution in [1.82, 2.24) is 0 Å². The minimum absolute atomic E-state index is 0.526. The van der Waals surface area contributed by atoms with Gasteiger partial charge in [0.05, 0.1) is 0 Å². The van der Waals surface area contributed by atoms with Crippen molar-refractivity contribution in [3.8, 4) is 0 Å². The van der Waals surface area contributed by atoms with Gasteiger partial charge >= 0.3 is 0 Å². The van der Waals surface area contributed by atoms with E-state index in [1.807, 2.05) is 0 Å². The smallest absolute Gasteiger partial charge is 0.100 e. The Balaban J connectivity index is 3.03. The van der Waals surface area contributed by atoms with E-state index < -0.39 is 6.17 Å². The van der Waals surface area contributed by atoms with Crippen LogP contribution < -0.4 is 0 Å². The molecule has 1 unspecified atom stereocenters. The zero-order chi connectivity index (χ0) is 9.94. The first-order chi connectivity index (χ1) is 6.31. The molecule has 0 saturated carbocycles. The minimum Gasteiger partial charge on any atom is -0.247 e. The molecule has 0 aliphatic carbocycles. The van der Waals surface area contributed by atoms with E-state index in [0.29, 0.717) is 0 Å². The predicted molar refractivity (Wildman–Crippen MR) is 57.8 cm³/mol. The quantitative estimate of drug-likeness (QED) is 0.453. The molecule has 0 heterocycles. The number of alkyl halides is 1. The average molecular weight is 188 g/mol. The maximum absolute atomic E-state index is 13.1. The molecule has 0 aliphatic rings. The van der Waals surface area contributed by atoms with Crippen molar-refractivity contribution in [3.63, 3.8) is 0 Å². The van der Waals surface area contributed by atoms with Crippen molar-refractivity contribution >= 4 is 0 Å². The third-order valence-electron chi connectivity index (χ3n) is 2.49. The van der Waals surface area contributed by atoms with E-state index in [1.54, 1.807) is 0 Å². The van der Waals surface area contributed by atoms with Gasteiger partial charge in [-0.15, -0.1) is 0 Å². The first-order valence-electron chi connectivity index (χ1n) is 5.95. The molecule has 0 aliphatic heterocycles. The second kappa shape index (κ2) is 10.0. The molecule has 1 heteroatoms. The Morgan fingerprint density at radius 1 is 0.769 bits per heavy atom. The zero-order valence-corrected chi connectivity index (χ0v) is 9.32. The number of rotatable bonds is 9. The highest BCUT2D eigenvalue weighted by molar-refractivity contribution is 4.56. The van der Waals surface area contributed by atoms with Crippen LogP contribution in [0.3, 0.4) is 0 Å². The van der Waals surface area contributed by atoms with Crippen LogP contribution >= 0.6 is 0 Å². The van der Waals surface area contributed by atoms with E-state index in [4.69, 9.17) is 0 Å². The van der Waals surface area contributed by atoms with Gasteiger partial charge in [-0.25, -0.2) is 4.39 Å². The molecule has 13 heavy (non-hydrogen) atoms. The van der Waals surface area contributed by atoms with Crippen LogP contribution in [0.1, 0.15) is 71.6 Å². The highest BCUT2D eigenvalue weighted by Gasteiger charge is 2.04. The first-order valence-corrected chi connectivity index (χ1v) is 5.95. The molecule has 0 N–H and O–H groups in total. The Labute approximate surface area is 82.9 Å². The highest BCUT2D eigenvalue weighted by atomic mass is 19.1. The molecule has 80 valence electrons. The van der Waals surface area contributed by atoms with Gasteiger partial charge in [0.15, 0.2) is 0 Å². The van der Waals surface area contributed by atoms with Gasteiger partial charge in [0.2, 0.25) is 0 Å². The second-order valence-electron chi connectivity index (χ2n) is 3.94. The summed E-state index contributed by atoms with van der Waals surface area (Å²) < 4.78 is 13.1. The van der Waals surface area contributed by atoms with Crippen LogP contribution in [0.5, 0.6) is 0 Å². The summed E-state index contributed by atoms with van der Waals surface area (Å²) in [5, 5.41) is 0. The van der Waals surface area contributed by atoms with Gasteiger partial charge in [-0.2, -0.15) is 0 Å². The predicted octanol–water partition coefficient (Wildman–Crippen LogP) is 4.88. The maximum atomic E-state index is 13.1. The van der Waals surface area contributed by atoms with E-state index in [0.717, 1.165) is 32.1 Å². The summed E-state index contributed by atoms with van der Waals surface area (Å²) >= 11 is 0. The van der Waals surface area contributed by atoms with Gasteiger partial charge in [-0.1, -0.05) is 58.8 Å². The van der Waals surface area contributed by atoms with Gasteiger partial charge in [0.25, 0.3) is 0 Å². The van der Waals surface area contributed by atoms with Crippen LogP contribution in [0.2, 0.25) is 0 Å². The van der Waals surface area contributed by atoms with E-state index in [9.17, 15) is 4.39 Å². The second-order valence-corrected chi connectivity index (χ2v) is 3.94. The largest absolute Gasteiger partial charge is 0.247 e. The molecule has 0 aromatic rings. The zero-order valence-electron chi connectivity index (χ0n) is 9.32. The van der Waals surface area contributed by atoms with Crippen molar-refractivity contribution in [3.05, 3.63) is 0 Å². The fourth-order valence-electron chi connectivity index (χ4n) is 1.54. The monoisotopic (exact) mass is 188 g/mol. The van der Waals surface area contributed by atoms with Crippen molar-refractivity contribution in [2.75, 3.05) is 0 Å². The molecule has 1 atom stereocenters. The maximum Gasteiger partial charge on any atom is 0.100 e. The number of unbranched alkanes of at least 4 members (excludes halogenated alkanes) is 5. The van der Waals surface area contributed by atoms with Crippen LogP contribution in [-0.4, -0.2) is 6.17 Å². The summed E-state index contributed by atoms with van der Waals surface area (Å²) in [6.07, 6.45) is 9.41. The Morgan fingerprint density at radius 2 is 1.31 bits per heavy atom. The molecule has 0 saturated heterocycles. The summed E-state index contributed by atoms with van der Waals surface area (Å²) in [5.74, 6) is 0. The van der Waals surface area contributed by atoms with Crippen molar-refractivity contribution in [2.24, 2.45) is 0 Å². The van der Waals surface area contributed by atoms with Crippen LogP contribution in [0.4, 0.5) is 4.39 Å². The van der Waals surface area contributed by atoms with Crippen molar-refractivity contribution in [1.29, 1.82) is 0 Å². The van der Waals surface area contributed by atoms with Crippen molar-refractivity contribution < 1.29 is 4.39 Å². The summed E-state index contributed by atoms with van der Waals surface area (Å²) in [7, 11) is 0. The van der Waals surface area contributed by atoms with Gasteiger partial charge in [0, 0.05) is 0 Å². The number of hydrogen-bond acceptors (Lipinski definition) is 0. The molecule has 0 aromatic carbocycles. The Kier molecular flexibility index (Phi) is 9.96. The van der Waals surface area contributed by atoms with Crippen LogP contribution in [0.25, 0.3) is 0 Å². The molecule has 0 radical (unpaired) electrons. The summed E-state index contributed by atoms with van der Waals surface area (Å²) in [6, 6.07) is 0. The van der Waals surface area contributed by atoms with Crippen LogP contribution in [0.15, 0.2) is 0 Å². The van der Waals surface area contributed by atoms with Gasteiger partial charge < -0.3 is 0 Å². The topological polar surface area (TPSA) is 0 Å². The number of halogens is 1. The Morgan fingerprint density at radius 3 is 1.92 bits per heavy atom. The van der Waals surface area contributed by atoms with E-state index in [2.05, 4.69) is 13.8 Å². The SMILES string of the molecule is CCCCCCCC(F)CCCC. The molecule has 0 rings (SSSR count). The number of hydrogen-bond donors (Lipinski definition) is 0. The average Bonchev–Trinajstić information content (AvgIpc) is 2.14. The third kappa shape index (κ3) is 9.85. The lowest BCUT2D eigenvalue weighted by Gasteiger charge is -2.06. The molecule has 0 amide bonds. The van der Waals surface area contributed by atoms with Crippen LogP contribution in [-0.2, 0) is 0 Å². The lowest BCUT2D eigenvalue weighted by molar-refractivity contribution is 0.281. The summed E-state index contributed by atoms with van der Waals surface area (Å²) in [6.45, 7) is 4.33. The third-order valence-corrected chi connectivity index (χ3v) is 2.49. The molecule has 0 nitrogen and oxygen atoms in total. The Bertz CT molecular complexity index is 91.1. The lowest BCUT2D eigenvalue weighted by Crippen LogP contribution is -1.99. The molecule has 0 aromatic heterocycles. The lowest BCUT2D eigenvalue weighted by atomic mass is 10.1. The molecule has 0 spiro atoms.